The molecule has 6 heteroatoms. The first-order valence-electron chi connectivity index (χ1n) is 9.08. The van der Waals surface area contributed by atoms with Crippen LogP contribution in [-0.4, -0.2) is 27.9 Å². The molecule has 27 heavy (non-hydrogen) atoms. The molecule has 0 bridgehead atoms. The summed E-state index contributed by atoms with van der Waals surface area (Å²) in [7, 11) is 0. The van der Waals surface area contributed by atoms with Gasteiger partial charge in [0.25, 0.3) is 5.91 Å². The number of carbonyl (C=O) groups is 2. The van der Waals surface area contributed by atoms with Gasteiger partial charge in [0.1, 0.15) is 5.92 Å². The van der Waals surface area contributed by atoms with E-state index >= 15 is 0 Å². The lowest BCUT2D eigenvalue weighted by molar-refractivity contribution is -0.140. The van der Waals surface area contributed by atoms with E-state index in [9.17, 15) is 14.7 Å². The van der Waals surface area contributed by atoms with Gasteiger partial charge in [0, 0.05) is 21.7 Å². The van der Waals surface area contributed by atoms with Crippen molar-refractivity contribution in [2.45, 2.75) is 43.7 Å². The maximum absolute atomic E-state index is 13.4. The molecule has 1 aliphatic heterocycles. The fraction of sp³-hybridized carbons (Fsp3) is 0.333. The Bertz CT molecular complexity index is 908. The van der Waals surface area contributed by atoms with E-state index in [-0.39, 0.29) is 11.9 Å². The van der Waals surface area contributed by atoms with Crippen LogP contribution in [0, 0.1) is 0 Å². The summed E-state index contributed by atoms with van der Waals surface area (Å²) < 4.78 is 0. The summed E-state index contributed by atoms with van der Waals surface area (Å²) in [6.45, 7) is 0. The van der Waals surface area contributed by atoms with Gasteiger partial charge in [-0.25, -0.2) is 0 Å². The smallest absolute Gasteiger partial charge is 0.313 e. The Morgan fingerprint density at radius 2 is 1.74 bits per heavy atom. The molecule has 1 heterocycles. The minimum atomic E-state index is -0.964. The van der Waals surface area contributed by atoms with Crippen molar-refractivity contribution >= 4 is 35.1 Å². The number of carboxylic acid groups (broad SMARTS) is 1. The summed E-state index contributed by atoms with van der Waals surface area (Å²) in [6, 6.07) is 11.4. The third kappa shape index (κ3) is 3.11. The van der Waals surface area contributed by atoms with Crippen molar-refractivity contribution in [3.8, 4) is 0 Å². The number of nitrogens with zero attached hydrogens (tertiary/aromatic N) is 1. The molecule has 2 aliphatic rings. The van der Waals surface area contributed by atoms with Crippen molar-refractivity contribution in [1.29, 1.82) is 0 Å². The van der Waals surface area contributed by atoms with Crippen LogP contribution in [0.3, 0.4) is 0 Å². The predicted octanol–water partition coefficient (Wildman–Crippen LogP) is 5.30. The summed E-state index contributed by atoms with van der Waals surface area (Å²) in [5, 5.41) is 11.0. The van der Waals surface area contributed by atoms with E-state index in [0.29, 0.717) is 26.7 Å². The van der Waals surface area contributed by atoms with Gasteiger partial charge in [-0.15, -0.1) is 0 Å². The van der Waals surface area contributed by atoms with Gasteiger partial charge in [-0.05, 0) is 42.2 Å². The molecule has 2 aromatic rings. The first-order chi connectivity index (χ1) is 13.0. The van der Waals surface area contributed by atoms with Crippen LogP contribution in [0.25, 0.3) is 0 Å². The van der Waals surface area contributed by atoms with Crippen molar-refractivity contribution in [1.82, 2.24) is 4.90 Å². The third-order valence-electron chi connectivity index (χ3n) is 5.64. The summed E-state index contributed by atoms with van der Waals surface area (Å²) in [5.74, 6) is -1.96. The van der Waals surface area contributed by atoms with E-state index in [1.807, 2.05) is 0 Å². The number of hydrogen-bond acceptors (Lipinski definition) is 2. The average molecular weight is 404 g/mol. The van der Waals surface area contributed by atoms with Gasteiger partial charge >= 0.3 is 5.97 Å². The van der Waals surface area contributed by atoms with Gasteiger partial charge < -0.3 is 10.0 Å². The molecule has 4 rings (SSSR count). The lowest BCUT2D eigenvalue weighted by Crippen LogP contribution is -2.49. The number of aliphatic carboxylic acids is 1. The lowest BCUT2D eigenvalue weighted by Gasteiger charge is -2.44. The van der Waals surface area contributed by atoms with Crippen molar-refractivity contribution < 1.29 is 14.7 Å². The standard InChI is InChI=1S/C21H19Cl2NO3/c22-12-9-10-16(17(23)11-12)19-18(21(26)27)14-7-3-4-8-15(14)20(25)24(19)13-5-1-2-6-13/h3-4,7-11,13,18-19H,1-2,5-6H2,(H,26,27)/t18-,19+/m0/s1. The fourth-order valence-corrected chi connectivity index (χ4v) is 4.99. The number of hydrogen-bond donors (Lipinski definition) is 1. The summed E-state index contributed by atoms with van der Waals surface area (Å²) in [6.07, 6.45) is 3.83. The Labute approximate surface area is 167 Å². The first-order valence-corrected chi connectivity index (χ1v) is 9.84. The summed E-state index contributed by atoms with van der Waals surface area (Å²) in [4.78, 5) is 27.5. The first kappa shape index (κ1) is 18.3. The molecule has 0 aromatic heterocycles. The Morgan fingerprint density at radius 1 is 1.04 bits per heavy atom. The second kappa shape index (κ2) is 7.17. The molecule has 4 nitrogen and oxygen atoms in total. The number of rotatable bonds is 3. The molecule has 0 spiro atoms. The number of benzene rings is 2. The van der Waals surface area contributed by atoms with E-state index in [4.69, 9.17) is 23.2 Å². The van der Waals surface area contributed by atoms with Crippen LogP contribution in [-0.2, 0) is 4.79 Å². The maximum atomic E-state index is 13.4. The molecule has 1 saturated carbocycles. The van der Waals surface area contributed by atoms with Crippen molar-refractivity contribution in [2.75, 3.05) is 0 Å². The quantitative estimate of drug-likeness (QED) is 0.755. The molecule has 0 saturated heterocycles. The number of carboxylic acids is 1. The van der Waals surface area contributed by atoms with Crippen molar-refractivity contribution in [3.05, 3.63) is 69.2 Å². The van der Waals surface area contributed by atoms with Crippen LogP contribution in [0.15, 0.2) is 42.5 Å². The minimum absolute atomic E-state index is 0.0180. The molecule has 1 amide bonds. The molecule has 0 radical (unpaired) electrons. The highest BCUT2D eigenvalue weighted by Gasteiger charge is 2.47. The molecule has 1 aliphatic carbocycles. The molecule has 140 valence electrons. The van der Waals surface area contributed by atoms with Crippen molar-refractivity contribution in [3.63, 3.8) is 0 Å². The topological polar surface area (TPSA) is 57.6 Å². The van der Waals surface area contributed by atoms with Crippen LogP contribution < -0.4 is 0 Å². The highest BCUT2D eigenvalue weighted by atomic mass is 35.5. The molecule has 1 fully saturated rings. The molecule has 1 N–H and O–H groups in total. The van der Waals surface area contributed by atoms with E-state index in [2.05, 4.69) is 0 Å². The molecular formula is C21H19Cl2NO3. The third-order valence-corrected chi connectivity index (χ3v) is 6.20. The largest absolute Gasteiger partial charge is 0.481 e. The predicted molar refractivity (Wildman–Crippen MR) is 104 cm³/mol. The van der Waals surface area contributed by atoms with Gasteiger partial charge in [-0.1, -0.05) is 60.3 Å². The second-order valence-corrected chi connectivity index (χ2v) is 8.01. The Morgan fingerprint density at radius 3 is 2.41 bits per heavy atom. The number of halogens is 2. The van der Waals surface area contributed by atoms with Crippen LogP contribution >= 0.6 is 23.2 Å². The minimum Gasteiger partial charge on any atom is -0.481 e. The highest BCUT2D eigenvalue weighted by molar-refractivity contribution is 6.35. The Kier molecular flexibility index (Phi) is 4.87. The van der Waals surface area contributed by atoms with Crippen LogP contribution in [0.4, 0.5) is 0 Å². The summed E-state index contributed by atoms with van der Waals surface area (Å²) >= 11 is 12.5. The maximum Gasteiger partial charge on any atom is 0.313 e. The molecular weight excluding hydrogens is 385 g/mol. The van der Waals surface area contributed by atoms with Crippen LogP contribution in [0.1, 0.15) is 59.1 Å². The zero-order valence-corrected chi connectivity index (χ0v) is 16.1. The highest BCUT2D eigenvalue weighted by Crippen LogP contribution is 2.47. The normalized spacial score (nSPS) is 22.7. The van der Waals surface area contributed by atoms with Crippen LogP contribution in [0.5, 0.6) is 0 Å². The number of fused-ring (bicyclic) bond motifs is 1. The summed E-state index contributed by atoms with van der Waals surface area (Å²) in [5.41, 5.74) is 1.64. The monoisotopic (exact) mass is 403 g/mol. The van der Waals surface area contributed by atoms with E-state index in [1.165, 1.54) is 0 Å². The molecule has 2 atom stereocenters. The average Bonchev–Trinajstić information content (AvgIpc) is 3.15. The van der Waals surface area contributed by atoms with Gasteiger partial charge in [-0.2, -0.15) is 0 Å². The van der Waals surface area contributed by atoms with E-state index < -0.39 is 17.9 Å². The second-order valence-electron chi connectivity index (χ2n) is 7.16. The zero-order chi connectivity index (χ0) is 19.1. The Hall–Kier alpha value is -2.04. The lowest BCUT2D eigenvalue weighted by atomic mass is 9.79. The fourth-order valence-electron chi connectivity index (χ4n) is 4.47. The van der Waals surface area contributed by atoms with Gasteiger partial charge in [0.2, 0.25) is 0 Å². The van der Waals surface area contributed by atoms with Gasteiger partial charge in [0.15, 0.2) is 0 Å². The molecule has 2 aromatic carbocycles. The Balaban J connectivity index is 1.94. The zero-order valence-electron chi connectivity index (χ0n) is 14.6. The van der Waals surface area contributed by atoms with Crippen LogP contribution in [0.2, 0.25) is 10.0 Å². The number of amides is 1. The van der Waals surface area contributed by atoms with E-state index in [0.717, 1.165) is 25.7 Å². The van der Waals surface area contributed by atoms with Crippen molar-refractivity contribution in [2.24, 2.45) is 0 Å². The van der Waals surface area contributed by atoms with Gasteiger partial charge in [-0.3, -0.25) is 9.59 Å². The van der Waals surface area contributed by atoms with Gasteiger partial charge in [0.05, 0.1) is 6.04 Å². The molecule has 0 unspecified atom stereocenters. The van der Waals surface area contributed by atoms with E-state index in [1.54, 1.807) is 47.4 Å². The SMILES string of the molecule is O=C(O)[C@H]1c2ccccc2C(=O)N(C2CCCC2)[C@@H]1c1ccc(Cl)cc1Cl. The number of carbonyl (C=O) groups excluding carboxylic acids is 1.